The smallest absolute Gasteiger partial charge is 0.193 e. The fourth-order valence-corrected chi connectivity index (χ4v) is 3.01. The predicted molar refractivity (Wildman–Crippen MR) is 85.0 cm³/mol. The molecule has 21 heavy (non-hydrogen) atoms. The molecule has 0 saturated heterocycles. The quantitative estimate of drug-likeness (QED) is 0.677. The van der Waals surface area contributed by atoms with Gasteiger partial charge in [0, 0.05) is 27.7 Å². The molecule has 1 aromatic rings. The molecule has 0 amide bonds. The van der Waals surface area contributed by atoms with Crippen LogP contribution in [0.2, 0.25) is 0 Å². The fourth-order valence-electron chi connectivity index (χ4n) is 3.01. The van der Waals surface area contributed by atoms with E-state index in [0.717, 1.165) is 30.2 Å². The number of aromatic nitrogens is 3. The number of hydrogen-bond donors (Lipinski definition) is 1. The number of aryl methyl sites for hydroxylation is 1. The van der Waals surface area contributed by atoms with E-state index in [-0.39, 0.29) is 0 Å². The first kappa shape index (κ1) is 15.8. The number of guanidine groups is 1. The van der Waals surface area contributed by atoms with E-state index in [9.17, 15) is 0 Å². The molecule has 1 heterocycles. The maximum absolute atomic E-state index is 4.37. The maximum Gasteiger partial charge on any atom is 0.193 e. The van der Waals surface area contributed by atoms with Crippen molar-refractivity contribution in [3.05, 3.63) is 12.2 Å². The van der Waals surface area contributed by atoms with Crippen LogP contribution in [-0.2, 0) is 13.6 Å². The van der Waals surface area contributed by atoms with Crippen molar-refractivity contribution in [3.63, 3.8) is 0 Å². The molecule has 118 valence electrons. The first-order valence-corrected chi connectivity index (χ1v) is 7.84. The van der Waals surface area contributed by atoms with E-state index >= 15 is 0 Å². The molecule has 1 aliphatic carbocycles. The van der Waals surface area contributed by atoms with E-state index < -0.39 is 0 Å². The predicted octanol–water partition coefficient (Wildman–Crippen LogP) is 1.65. The zero-order valence-electron chi connectivity index (χ0n) is 13.7. The van der Waals surface area contributed by atoms with Crippen molar-refractivity contribution in [2.24, 2.45) is 23.9 Å². The molecule has 2 rings (SSSR count). The summed E-state index contributed by atoms with van der Waals surface area (Å²) in [6, 6.07) is 0. The lowest BCUT2D eigenvalue weighted by atomic mass is 9.83. The summed E-state index contributed by atoms with van der Waals surface area (Å²) >= 11 is 0. The lowest BCUT2D eigenvalue weighted by molar-refractivity contribution is 0.250. The van der Waals surface area contributed by atoms with Gasteiger partial charge in [-0.2, -0.15) is 5.10 Å². The zero-order chi connectivity index (χ0) is 15.2. The van der Waals surface area contributed by atoms with E-state index in [4.69, 9.17) is 0 Å². The SMILES string of the molecule is CN=C(NCc1ncnn1C)N(C)CC1CCC(C)CC1. The minimum Gasteiger partial charge on any atom is -0.349 e. The van der Waals surface area contributed by atoms with Gasteiger partial charge in [-0.15, -0.1) is 0 Å². The van der Waals surface area contributed by atoms with Crippen molar-refractivity contribution in [1.82, 2.24) is 25.0 Å². The first-order valence-electron chi connectivity index (χ1n) is 7.84. The summed E-state index contributed by atoms with van der Waals surface area (Å²) in [5, 5.41) is 7.44. The molecular formula is C15H28N6. The normalized spacial score (nSPS) is 23.1. The van der Waals surface area contributed by atoms with Crippen LogP contribution >= 0.6 is 0 Å². The van der Waals surface area contributed by atoms with E-state index in [1.807, 2.05) is 14.1 Å². The second-order valence-electron chi connectivity index (χ2n) is 6.21. The third-order valence-electron chi connectivity index (χ3n) is 4.45. The zero-order valence-corrected chi connectivity index (χ0v) is 13.7. The Morgan fingerprint density at radius 1 is 1.43 bits per heavy atom. The van der Waals surface area contributed by atoms with Gasteiger partial charge >= 0.3 is 0 Å². The molecule has 6 heteroatoms. The summed E-state index contributed by atoms with van der Waals surface area (Å²) in [4.78, 5) is 10.8. The van der Waals surface area contributed by atoms with Gasteiger partial charge in [0.25, 0.3) is 0 Å². The summed E-state index contributed by atoms with van der Waals surface area (Å²) in [6.45, 7) is 4.09. The summed E-state index contributed by atoms with van der Waals surface area (Å²) in [5.74, 6) is 3.53. The molecule has 0 aromatic carbocycles. The molecule has 0 spiro atoms. The molecule has 0 radical (unpaired) electrons. The first-order chi connectivity index (χ1) is 10.1. The summed E-state index contributed by atoms with van der Waals surface area (Å²) < 4.78 is 1.78. The molecule has 1 fully saturated rings. The highest BCUT2D eigenvalue weighted by atomic mass is 15.3. The van der Waals surface area contributed by atoms with Gasteiger partial charge in [-0.25, -0.2) is 4.98 Å². The molecule has 0 aliphatic heterocycles. The van der Waals surface area contributed by atoms with Gasteiger partial charge in [0.15, 0.2) is 5.96 Å². The van der Waals surface area contributed by atoms with Gasteiger partial charge in [-0.05, 0) is 24.7 Å². The average molecular weight is 292 g/mol. The third-order valence-corrected chi connectivity index (χ3v) is 4.45. The Bertz CT molecular complexity index is 458. The van der Waals surface area contributed by atoms with Crippen LogP contribution in [0, 0.1) is 11.8 Å². The molecule has 1 saturated carbocycles. The lowest BCUT2D eigenvalue weighted by Gasteiger charge is -2.31. The Labute approximate surface area is 127 Å². The van der Waals surface area contributed by atoms with E-state index in [0.29, 0.717) is 6.54 Å². The Balaban J connectivity index is 1.81. The van der Waals surface area contributed by atoms with Crippen LogP contribution in [-0.4, -0.2) is 46.3 Å². The van der Waals surface area contributed by atoms with Crippen molar-refractivity contribution in [2.75, 3.05) is 20.6 Å². The molecule has 0 unspecified atom stereocenters. The summed E-state index contributed by atoms with van der Waals surface area (Å²) in [5.41, 5.74) is 0. The average Bonchev–Trinajstić information content (AvgIpc) is 2.88. The number of rotatable bonds is 4. The van der Waals surface area contributed by atoms with Gasteiger partial charge in [0.2, 0.25) is 0 Å². The minimum atomic E-state index is 0.648. The highest BCUT2D eigenvalue weighted by molar-refractivity contribution is 5.79. The van der Waals surface area contributed by atoms with Crippen molar-refractivity contribution < 1.29 is 0 Å². The van der Waals surface area contributed by atoms with Crippen LogP contribution < -0.4 is 5.32 Å². The summed E-state index contributed by atoms with van der Waals surface area (Å²) in [6.07, 6.45) is 6.98. The number of hydrogen-bond acceptors (Lipinski definition) is 3. The largest absolute Gasteiger partial charge is 0.349 e. The van der Waals surface area contributed by atoms with Gasteiger partial charge in [-0.1, -0.05) is 19.8 Å². The molecular weight excluding hydrogens is 264 g/mol. The monoisotopic (exact) mass is 292 g/mol. The highest BCUT2D eigenvalue weighted by Crippen LogP contribution is 2.28. The molecule has 0 atom stereocenters. The van der Waals surface area contributed by atoms with Crippen molar-refractivity contribution in [3.8, 4) is 0 Å². The third kappa shape index (κ3) is 4.44. The van der Waals surface area contributed by atoms with Crippen LogP contribution in [0.25, 0.3) is 0 Å². The van der Waals surface area contributed by atoms with Gasteiger partial charge in [-0.3, -0.25) is 9.67 Å². The van der Waals surface area contributed by atoms with E-state index in [1.165, 1.54) is 25.7 Å². The van der Waals surface area contributed by atoms with Crippen molar-refractivity contribution in [2.45, 2.75) is 39.2 Å². The lowest BCUT2D eigenvalue weighted by Crippen LogP contribution is -2.41. The summed E-state index contributed by atoms with van der Waals surface area (Å²) in [7, 11) is 5.85. The number of aliphatic imine (C=N–C) groups is 1. The maximum atomic E-state index is 4.37. The Morgan fingerprint density at radius 3 is 2.71 bits per heavy atom. The standard InChI is InChI=1S/C15H28N6/c1-12-5-7-13(8-6-12)10-20(3)15(16-2)17-9-14-18-11-19-21(14)4/h11-13H,5-10H2,1-4H3,(H,16,17). The minimum absolute atomic E-state index is 0.648. The van der Waals surface area contributed by atoms with Crippen LogP contribution in [0.5, 0.6) is 0 Å². The van der Waals surface area contributed by atoms with Gasteiger partial charge < -0.3 is 10.2 Å². The van der Waals surface area contributed by atoms with Crippen LogP contribution in [0.1, 0.15) is 38.4 Å². The molecule has 6 nitrogen and oxygen atoms in total. The van der Waals surface area contributed by atoms with Crippen LogP contribution in [0.3, 0.4) is 0 Å². The van der Waals surface area contributed by atoms with E-state index in [1.54, 1.807) is 11.0 Å². The van der Waals surface area contributed by atoms with Crippen molar-refractivity contribution in [1.29, 1.82) is 0 Å². The van der Waals surface area contributed by atoms with Crippen LogP contribution in [0.4, 0.5) is 0 Å². The number of nitrogens with one attached hydrogen (secondary N) is 1. The van der Waals surface area contributed by atoms with E-state index in [2.05, 4.69) is 39.3 Å². The topological polar surface area (TPSA) is 58.3 Å². The van der Waals surface area contributed by atoms with Crippen LogP contribution in [0.15, 0.2) is 11.3 Å². The van der Waals surface area contributed by atoms with Gasteiger partial charge in [0.05, 0.1) is 6.54 Å². The second kappa shape index (κ2) is 7.43. The molecule has 0 bridgehead atoms. The fraction of sp³-hybridized carbons (Fsp3) is 0.800. The van der Waals surface area contributed by atoms with Gasteiger partial charge in [0.1, 0.15) is 12.2 Å². The molecule has 1 N–H and O–H groups in total. The van der Waals surface area contributed by atoms with Crippen molar-refractivity contribution >= 4 is 5.96 Å². The Morgan fingerprint density at radius 2 is 2.14 bits per heavy atom. The number of nitrogens with zero attached hydrogens (tertiary/aromatic N) is 5. The molecule has 1 aliphatic rings. The Hall–Kier alpha value is -1.59. The highest BCUT2D eigenvalue weighted by Gasteiger charge is 2.20. The second-order valence-corrected chi connectivity index (χ2v) is 6.21. The Kier molecular flexibility index (Phi) is 5.59. The molecule has 1 aromatic heterocycles.